The van der Waals surface area contributed by atoms with E-state index in [4.69, 9.17) is 0 Å². The van der Waals surface area contributed by atoms with Gasteiger partial charge in [-0.05, 0) is 32.0 Å². The molecule has 0 saturated carbocycles. The summed E-state index contributed by atoms with van der Waals surface area (Å²) in [4.78, 5) is 16.1. The number of thioether (sulfide) groups is 1. The predicted octanol–water partition coefficient (Wildman–Crippen LogP) is 3.32. The van der Waals surface area contributed by atoms with E-state index in [2.05, 4.69) is 10.2 Å². The van der Waals surface area contributed by atoms with Gasteiger partial charge in [0, 0.05) is 37.9 Å². The lowest BCUT2D eigenvalue weighted by molar-refractivity contribution is -0.137. The Morgan fingerprint density at radius 1 is 1.21 bits per heavy atom. The monoisotopic (exact) mass is 413 g/mol. The first kappa shape index (κ1) is 20.5. The van der Waals surface area contributed by atoms with Crippen LogP contribution in [0.1, 0.15) is 25.5 Å². The van der Waals surface area contributed by atoms with Gasteiger partial charge < -0.3 is 14.4 Å². The molecule has 1 saturated heterocycles. The Morgan fingerprint density at radius 3 is 2.57 bits per heavy atom. The summed E-state index contributed by atoms with van der Waals surface area (Å²) in [7, 11) is 0. The molecule has 0 unspecified atom stereocenters. The zero-order chi connectivity index (χ0) is 20.3. The second kappa shape index (κ2) is 8.42. The van der Waals surface area contributed by atoms with Gasteiger partial charge in [0.25, 0.3) is 0 Å². The highest BCUT2D eigenvalue weighted by atomic mass is 32.2. The molecule has 1 aliphatic rings. The quantitative estimate of drug-likeness (QED) is 0.704. The number of aromatic nitrogens is 3. The molecule has 152 valence electrons. The van der Waals surface area contributed by atoms with Crippen LogP contribution in [-0.2, 0) is 11.0 Å². The van der Waals surface area contributed by atoms with E-state index in [1.54, 1.807) is 17.3 Å². The van der Waals surface area contributed by atoms with Gasteiger partial charge in [-0.25, -0.2) is 0 Å². The zero-order valence-electron chi connectivity index (χ0n) is 15.7. The number of hydrogen-bond donors (Lipinski definition) is 0. The van der Waals surface area contributed by atoms with Crippen molar-refractivity contribution in [2.75, 3.05) is 36.8 Å². The maximum Gasteiger partial charge on any atom is 0.416 e. The summed E-state index contributed by atoms with van der Waals surface area (Å²) in [6.07, 6.45) is -2.72. The number of benzene rings is 1. The van der Waals surface area contributed by atoms with Gasteiger partial charge in [-0.3, -0.25) is 4.79 Å². The number of amides is 1. The first-order valence-corrected chi connectivity index (χ1v) is 9.96. The summed E-state index contributed by atoms with van der Waals surface area (Å²) >= 11 is 1.35. The van der Waals surface area contributed by atoms with Crippen molar-refractivity contribution in [2.45, 2.75) is 31.2 Å². The van der Waals surface area contributed by atoms with Gasteiger partial charge in [0.1, 0.15) is 6.33 Å². The molecule has 28 heavy (non-hydrogen) atoms. The lowest BCUT2D eigenvalue weighted by atomic mass is 10.1. The van der Waals surface area contributed by atoms with Crippen LogP contribution in [0.3, 0.4) is 0 Å². The molecule has 1 aromatic heterocycles. The fourth-order valence-corrected chi connectivity index (χ4v) is 3.95. The fraction of sp³-hybridized carbons (Fsp3) is 0.500. The van der Waals surface area contributed by atoms with E-state index in [9.17, 15) is 18.0 Å². The van der Waals surface area contributed by atoms with Crippen molar-refractivity contribution in [1.82, 2.24) is 19.7 Å². The molecule has 3 rings (SSSR count). The van der Waals surface area contributed by atoms with Crippen molar-refractivity contribution in [1.29, 1.82) is 0 Å². The highest BCUT2D eigenvalue weighted by Gasteiger charge is 2.31. The van der Waals surface area contributed by atoms with E-state index in [0.29, 0.717) is 37.0 Å². The molecule has 2 aromatic rings. The molecule has 0 radical (unpaired) electrons. The Balaban J connectivity index is 1.54. The summed E-state index contributed by atoms with van der Waals surface area (Å²) in [5, 5.41) is 8.62. The molecule has 1 aromatic carbocycles. The van der Waals surface area contributed by atoms with E-state index < -0.39 is 11.7 Å². The lowest BCUT2D eigenvalue weighted by Crippen LogP contribution is -2.49. The van der Waals surface area contributed by atoms with Crippen molar-refractivity contribution in [3.8, 4) is 0 Å². The van der Waals surface area contributed by atoms with Gasteiger partial charge in [-0.15, -0.1) is 10.2 Å². The first-order valence-electron chi connectivity index (χ1n) is 8.98. The number of hydrogen-bond acceptors (Lipinski definition) is 5. The van der Waals surface area contributed by atoms with Gasteiger partial charge in [-0.1, -0.05) is 17.8 Å². The third kappa shape index (κ3) is 4.78. The predicted molar refractivity (Wildman–Crippen MR) is 101 cm³/mol. The van der Waals surface area contributed by atoms with E-state index >= 15 is 0 Å². The van der Waals surface area contributed by atoms with Crippen molar-refractivity contribution >= 4 is 23.4 Å². The van der Waals surface area contributed by atoms with Crippen molar-refractivity contribution < 1.29 is 18.0 Å². The third-order valence-corrected chi connectivity index (χ3v) is 5.53. The summed E-state index contributed by atoms with van der Waals surface area (Å²) in [5.74, 6) is 0.251. The van der Waals surface area contributed by atoms with Crippen LogP contribution in [0.4, 0.5) is 18.9 Å². The molecule has 0 bridgehead atoms. The molecule has 0 atom stereocenters. The number of anilines is 1. The molecule has 6 nitrogen and oxygen atoms in total. The largest absolute Gasteiger partial charge is 0.416 e. The van der Waals surface area contributed by atoms with Crippen LogP contribution in [0.5, 0.6) is 0 Å². The minimum atomic E-state index is -4.36. The summed E-state index contributed by atoms with van der Waals surface area (Å²) < 4.78 is 40.6. The van der Waals surface area contributed by atoms with Gasteiger partial charge in [-0.2, -0.15) is 13.2 Å². The topological polar surface area (TPSA) is 54.3 Å². The van der Waals surface area contributed by atoms with Gasteiger partial charge in [0.2, 0.25) is 5.91 Å². The molecule has 2 heterocycles. The molecule has 10 heteroatoms. The molecule has 1 aliphatic heterocycles. The number of nitrogens with zero attached hydrogens (tertiary/aromatic N) is 5. The molecule has 1 fully saturated rings. The Bertz CT molecular complexity index is 816. The molecule has 0 aliphatic carbocycles. The van der Waals surface area contributed by atoms with Crippen molar-refractivity contribution in [2.24, 2.45) is 0 Å². The highest BCUT2D eigenvalue weighted by Crippen LogP contribution is 2.32. The van der Waals surface area contributed by atoms with E-state index in [-0.39, 0.29) is 17.7 Å². The van der Waals surface area contributed by atoms with Crippen LogP contribution in [0.2, 0.25) is 0 Å². The molecular formula is C18H22F3N5OS. The Morgan fingerprint density at radius 2 is 1.93 bits per heavy atom. The summed E-state index contributed by atoms with van der Waals surface area (Å²) in [6, 6.07) is 5.52. The first-order chi connectivity index (χ1) is 13.3. The number of alkyl halides is 3. The average Bonchev–Trinajstić information content (AvgIpc) is 3.15. The van der Waals surface area contributed by atoms with Crippen LogP contribution in [-0.4, -0.2) is 57.5 Å². The Kier molecular flexibility index (Phi) is 6.17. The van der Waals surface area contributed by atoms with Gasteiger partial charge in [0.15, 0.2) is 5.16 Å². The second-order valence-corrected chi connectivity index (χ2v) is 7.76. The van der Waals surface area contributed by atoms with Crippen molar-refractivity contribution in [3.63, 3.8) is 0 Å². The Labute approximate surface area is 165 Å². The van der Waals surface area contributed by atoms with Gasteiger partial charge in [0.05, 0.1) is 11.3 Å². The van der Waals surface area contributed by atoms with Crippen molar-refractivity contribution in [3.05, 3.63) is 36.2 Å². The molecular weight excluding hydrogens is 391 g/mol. The third-order valence-electron chi connectivity index (χ3n) is 4.59. The Hall–Kier alpha value is -2.23. The minimum absolute atomic E-state index is 0.00741. The smallest absolute Gasteiger partial charge is 0.368 e. The zero-order valence-corrected chi connectivity index (χ0v) is 16.5. The number of piperazine rings is 1. The highest BCUT2D eigenvalue weighted by molar-refractivity contribution is 7.99. The van der Waals surface area contributed by atoms with E-state index in [1.165, 1.54) is 17.8 Å². The maximum absolute atomic E-state index is 12.9. The van der Waals surface area contributed by atoms with Gasteiger partial charge >= 0.3 is 6.18 Å². The van der Waals surface area contributed by atoms with Crippen LogP contribution < -0.4 is 4.90 Å². The summed E-state index contributed by atoms with van der Waals surface area (Å²) in [5.41, 5.74) is -0.129. The normalized spacial score (nSPS) is 15.4. The lowest BCUT2D eigenvalue weighted by Gasteiger charge is -2.36. The fourth-order valence-electron chi connectivity index (χ4n) is 3.00. The van der Waals surface area contributed by atoms with E-state index in [1.807, 2.05) is 23.3 Å². The van der Waals surface area contributed by atoms with Crippen LogP contribution in [0.25, 0.3) is 0 Å². The SMILES string of the molecule is CC(C)n1cnnc1SCC(=O)N1CCN(c2cccc(C(F)(F)F)c2)CC1. The maximum atomic E-state index is 12.9. The number of halogens is 3. The minimum Gasteiger partial charge on any atom is -0.368 e. The number of carbonyl (C=O) groups is 1. The number of carbonyl (C=O) groups excluding carboxylic acids is 1. The molecule has 0 spiro atoms. The summed E-state index contributed by atoms with van der Waals surface area (Å²) in [6.45, 7) is 5.99. The standard InChI is InChI=1S/C18H22F3N5OS/c1-13(2)26-12-22-23-17(26)28-11-16(27)25-8-6-24(7-9-25)15-5-3-4-14(10-15)18(19,20)21/h3-5,10,12-13H,6-9,11H2,1-2H3. The second-order valence-electron chi connectivity index (χ2n) is 6.82. The molecule has 0 N–H and O–H groups in total. The molecule has 1 amide bonds. The average molecular weight is 413 g/mol. The van der Waals surface area contributed by atoms with Crippen LogP contribution >= 0.6 is 11.8 Å². The van der Waals surface area contributed by atoms with Crippen LogP contribution in [0.15, 0.2) is 35.7 Å². The van der Waals surface area contributed by atoms with Crippen LogP contribution in [0, 0.1) is 0 Å². The van der Waals surface area contributed by atoms with E-state index in [0.717, 1.165) is 12.1 Å². The number of rotatable bonds is 5.